The Bertz CT molecular complexity index is 1010. The highest BCUT2D eigenvalue weighted by Gasteiger charge is 2.27. The summed E-state index contributed by atoms with van der Waals surface area (Å²) in [6, 6.07) is 7.36. The van der Waals surface area contributed by atoms with Gasteiger partial charge in [-0.25, -0.2) is 4.79 Å². The molecule has 1 amide bonds. The molecule has 1 unspecified atom stereocenters. The molecule has 34 heavy (non-hydrogen) atoms. The van der Waals surface area contributed by atoms with E-state index in [9.17, 15) is 19.8 Å². The Hall–Kier alpha value is -2.82. The maximum Gasteiger partial charge on any atom is 0.344 e. The van der Waals surface area contributed by atoms with Crippen molar-refractivity contribution in [3.05, 3.63) is 41.0 Å². The van der Waals surface area contributed by atoms with Gasteiger partial charge in [0.1, 0.15) is 6.23 Å². The van der Waals surface area contributed by atoms with Crippen molar-refractivity contribution in [2.75, 3.05) is 49.5 Å². The number of rotatable bonds is 6. The molecule has 0 aliphatic carbocycles. The Balaban J connectivity index is 1.35. The zero-order valence-corrected chi connectivity index (χ0v) is 20.0. The predicted molar refractivity (Wildman–Crippen MR) is 129 cm³/mol. The van der Waals surface area contributed by atoms with Gasteiger partial charge in [-0.2, -0.15) is 4.68 Å². The summed E-state index contributed by atoms with van der Waals surface area (Å²) in [6.07, 6.45) is 2.10. The van der Waals surface area contributed by atoms with Crippen molar-refractivity contribution in [1.82, 2.24) is 19.6 Å². The zero-order chi connectivity index (χ0) is 24.2. The van der Waals surface area contributed by atoms with E-state index in [1.165, 1.54) is 4.68 Å². The molecule has 184 valence electrons. The standard InChI is InChI=1S/C23H31ClN6O4/c1-16(31)25-21-6-9-30(26-21)23(34)29-12-10-27(11-13-29)15-18-2-3-19(24)14-20(18)28-7-4-17(5-8-28)22(32)33/h2-3,6,9,14,16-17,31H,4-5,7-8,10-13,15H2,1H3,(H,25,26)(H,32,33). The van der Waals surface area contributed by atoms with Crippen molar-refractivity contribution in [3.63, 3.8) is 0 Å². The number of benzene rings is 1. The lowest BCUT2D eigenvalue weighted by Crippen LogP contribution is -2.49. The molecule has 1 aromatic heterocycles. The molecule has 0 radical (unpaired) electrons. The maximum absolute atomic E-state index is 12.8. The van der Waals surface area contributed by atoms with E-state index in [1.54, 1.807) is 24.1 Å². The minimum absolute atomic E-state index is 0.188. The van der Waals surface area contributed by atoms with Gasteiger partial charge in [-0.15, -0.1) is 5.10 Å². The second-order valence-corrected chi connectivity index (χ2v) is 9.32. The highest BCUT2D eigenvalue weighted by atomic mass is 35.5. The van der Waals surface area contributed by atoms with Crippen LogP contribution in [0.3, 0.4) is 0 Å². The molecule has 10 nitrogen and oxygen atoms in total. The molecule has 2 aliphatic rings. The number of anilines is 2. The van der Waals surface area contributed by atoms with Gasteiger partial charge in [-0.3, -0.25) is 9.69 Å². The van der Waals surface area contributed by atoms with E-state index in [4.69, 9.17) is 11.6 Å². The van der Waals surface area contributed by atoms with E-state index in [-0.39, 0.29) is 11.9 Å². The molecule has 2 saturated heterocycles. The molecule has 3 N–H and O–H groups in total. The molecule has 2 aromatic rings. The molecule has 1 aromatic carbocycles. The highest BCUT2D eigenvalue weighted by molar-refractivity contribution is 6.30. The van der Waals surface area contributed by atoms with Crippen molar-refractivity contribution in [2.45, 2.75) is 32.5 Å². The van der Waals surface area contributed by atoms with E-state index in [1.807, 2.05) is 18.2 Å². The van der Waals surface area contributed by atoms with E-state index in [0.29, 0.717) is 49.9 Å². The molecule has 0 saturated carbocycles. The number of nitrogens with one attached hydrogen (secondary N) is 1. The van der Waals surface area contributed by atoms with Gasteiger partial charge < -0.3 is 25.3 Å². The van der Waals surface area contributed by atoms with Crippen LogP contribution in [0.25, 0.3) is 0 Å². The fourth-order valence-corrected chi connectivity index (χ4v) is 4.70. The number of piperazine rings is 1. The molecular formula is C23H31ClN6O4. The van der Waals surface area contributed by atoms with Gasteiger partial charge in [0.05, 0.1) is 5.92 Å². The van der Waals surface area contributed by atoms with E-state index in [0.717, 1.165) is 30.9 Å². The molecule has 1 atom stereocenters. The molecule has 0 spiro atoms. The molecule has 3 heterocycles. The second kappa shape index (κ2) is 10.6. The number of carboxylic acid groups (broad SMARTS) is 1. The van der Waals surface area contributed by atoms with Crippen LogP contribution >= 0.6 is 11.6 Å². The van der Waals surface area contributed by atoms with Crippen LogP contribution in [0.15, 0.2) is 30.5 Å². The summed E-state index contributed by atoms with van der Waals surface area (Å²) in [5.41, 5.74) is 2.21. The Kier molecular flexibility index (Phi) is 7.60. The van der Waals surface area contributed by atoms with Crippen molar-refractivity contribution >= 4 is 35.1 Å². The van der Waals surface area contributed by atoms with Gasteiger partial charge in [-0.05, 0) is 37.5 Å². The summed E-state index contributed by atoms with van der Waals surface area (Å²) < 4.78 is 1.29. The average Bonchev–Trinajstić information content (AvgIpc) is 3.28. The van der Waals surface area contributed by atoms with Crippen molar-refractivity contribution in [3.8, 4) is 0 Å². The Morgan fingerprint density at radius 1 is 1.15 bits per heavy atom. The number of nitrogens with zero attached hydrogens (tertiary/aromatic N) is 5. The van der Waals surface area contributed by atoms with Crippen LogP contribution in [0, 0.1) is 5.92 Å². The molecular weight excluding hydrogens is 460 g/mol. The smallest absolute Gasteiger partial charge is 0.344 e. The summed E-state index contributed by atoms with van der Waals surface area (Å²) in [7, 11) is 0. The minimum Gasteiger partial charge on any atom is -0.481 e. The zero-order valence-electron chi connectivity index (χ0n) is 19.2. The number of halogens is 1. The number of hydrogen-bond donors (Lipinski definition) is 3. The number of aromatic nitrogens is 2. The fraction of sp³-hybridized carbons (Fsp3) is 0.522. The first-order valence-corrected chi connectivity index (χ1v) is 12.0. The first-order chi connectivity index (χ1) is 16.3. The second-order valence-electron chi connectivity index (χ2n) is 8.88. The summed E-state index contributed by atoms with van der Waals surface area (Å²) in [5.74, 6) is -0.549. The van der Waals surface area contributed by atoms with Crippen LogP contribution < -0.4 is 10.2 Å². The first kappa shape index (κ1) is 24.3. The monoisotopic (exact) mass is 490 g/mol. The van der Waals surface area contributed by atoms with Crippen LogP contribution in [0.5, 0.6) is 0 Å². The van der Waals surface area contributed by atoms with Gasteiger partial charge in [0.15, 0.2) is 5.82 Å². The van der Waals surface area contributed by atoms with Gasteiger partial charge >= 0.3 is 12.0 Å². The summed E-state index contributed by atoms with van der Waals surface area (Å²) >= 11 is 6.29. The van der Waals surface area contributed by atoms with Gasteiger partial charge in [0.25, 0.3) is 0 Å². The number of carbonyl (C=O) groups excluding carboxylic acids is 1. The lowest BCUT2D eigenvalue weighted by Gasteiger charge is -2.37. The number of carboxylic acids is 1. The summed E-state index contributed by atoms with van der Waals surface area (Å²) in [6.45, 7) is 6.35. The largest absolute Gasteiger partial charge is 0.481 e. The third-order valence-corrected chi connectivity index (χ3v) is 6.65. The van der Waals surface area contributed by atoms with Crippen LogP contribution in [0.1, 0.15) is 25.3 Å². The first-order valence-electron chi connectivity index (χ1n) is 11.6. The Morgan fingerprint density at radius 3 is 2.50 bits per heavy atom. The van der Waals surface area contributed by atoms with Gasteiger partial charge in [-0.1, -0.05) is 17.7 Å². The third-order valence-electron chi connectivity index (χ3n) is 6.41. The highest BCUT2D eigenvalue weighted by Crippen LogP contribution is 2.30. The SMILES string of the molecule is CC(O)Nc1ccn(C(=O)N2CCN(Cc3ccc(Cl)cc3N3CCC(C(=O)O)CC3)CC2)n1. The van der Waals surface area contributed by atoms with Crippen molar-refractivity contribution < 1.29 is 19.8 Å². The third kappa shape index (κ3) is 5.81. The van der Waals surface area contributed by atoms with Gasteiger partial charge in [0.2, 0.25) is 0 Å². The number of aliphatic hydroxyl groups excluding tert-OH is 1. The minimum atomic E-state index is -0.747. The van der Waals surface area contributed by atoms with E-state index in [2.05, 4.69) is 20.2 Å². The summed E-state index contributed by atoms with van der Waals surface area (Å²) in [4.78, 5) is 30.4. The van der Waals surface area contributed by atoms with Crippen molar-refractivity contribution in [2.24, 2.45) is 5.92 Å². The Morgan fingerprint density at radius 2 is 1.85 bits per heavy atom. The molecule has 2 aliphatic heterocycles. The predicted octanol–water partition coefficient (Wildman–Crippen LogP) is 2.37. The topological polar surface area (TPSA) is 114 Å². The number of carbonyl (C=O) groups is 2. The Labute approximate surface area is 203 Å². The van der Waals surface area contributed by atoms with Crippen LogP contribution in [-0.2, 0) is 11.3 Å². The molecule has 2 fully saturated rings. The fourth-order valence-electron chi connectivity index (χ4n) is 4.54. The van der Waals surface area contributed by atoms with E-state index < -0.39 is 12.2 Å². The van der Waals surface area contributed by atoms with Crippen LogP contribution in [0.2, 0.25) is 5.02 Å². The van der Waals surface area contributed by atoms with E-state index >= 15 is 0 Å². The number of aliphatic carboxylic acids is 1. The number of hydrogen-bond acceptors (Lipinski definition) is 7. The number of piperidine rings is 1. The number of amides is 1. The molecule has 0 bridgehead atoms. The molecule has 4 rings (SSSR count). The maximum atomic E-state index is 12.8. The number of aliphatic hydroxyl groups is 1. The average molecular weight is 491 g/mol. The van der Waals surface area contributed by atoms with Crippen molar-refractivity contribution in [1.29, 1.82) is 0 Å². The normalized spacial score (nSPS) is 18.7. The van der Waals surface area contributed by atoms with Gasteiger partial charge in [0, 0.05) is 68.8 Å². The lowest BCUT2D eigenvalue weighted by molar-refractivity contribution is -0.142. The van der Waals surface area contributed by atoms with Crippen LogP contribution in [0.4, 0.5) is 16.3 Å². The molecule has 11 heteroatoms. The lowest BCUT2D eigenvalue weighted by atomic mass is 9.96. The summed E-state index contributed by atoms with van der Waals surface area (Å²) in [5, 5.41) is 26.3. The quantitative estimate of drug-likeness (QED) is 0.529. The van der Waals surface area contributed by atoms with Crippen LogP contribution in [-0.4, -0.2) is 87.3 Å².